The van der Waals surface area contributed by atoms with Gasteiger partial charge in [0.25, 0.3) is 5.91 Å². The second kappa shape index (κ2) is 6.37. The van der Waals surface area contributed by atoms with Crippen molar-refractivity contribution in [3.63, 3.8) is 0 Å². The van der Waals surface area contributed by atoms with Crippen molar-refractivity contribution in [1.29, 1.82) is 0 Å². The molecule has 0 saturated carbocycles. The van der Waals surface area contributed by atoms with Crippen LogP contribution in [0.25, 0.3) is 5.82 Å². The van der Waals surface area contributed by atoms with E-state index in [9.17, 15) is 4.79 Å². The highest BCUT2D eigenvalue weighted by Gasteiger charge is 2.26. The Morgan fingerprint density at radius 2 is 2.17 bits per heavy atom. The van der Waals surface area contributed by atoms with Gasteiger partial charge in [-0.25, -0.2) is 9.67 Å². The molecule has 7 heteroatoms. The summed E-state index contributed by atoms with van der Waals surface area (Å²) in [6.07, 6.45) is 4.59. The summed E-state index contributed by atoms with van der Waals surface area (Å²) < 4.78 is 7.44. The summed E-state index contributed by atoms with van der Waals surface area (Å²) in [7, 11) is 0. The van der Waals surface area contributed by atoms with Crippen LogP contribution in [0.1, 0.15) is 0 Å². The predicted molar refractivity (Wildman–Crippen MR) is 91.6 cm³/mol. The number of ether oxygens (including phenoxy) is 1. The highest BCUT2D eigenvalue weighted by molar-refractivity contribution is 7.99. The zero-order chi connectivity index (χ0) is 16.4. The van der Waals surface area contributed by atoms with Crippen molar-refractivity contribution in [3.05, 3.63) is 61.1 Å². The van der Waals surface area contributed by atoms with Crippen molar-refractivity contribution in [1.82, 2.24) is 14.8 Å². The van der Waals surface area contributed by atoms with Gasteiger partial charge >= 0.3 is 0 Å². The lowest BCUT2D eigenvalue weighted by molar-refractivity contribution is -0.122. The van der Waals surface area contributed by atoms with Crippen LogP contribution in [0.4, 0.5) is 5.69 Å². The largest absolute Gasteiger partial charge is 0.479 e. The number of nitrogens with zero attached hydrogens (tertiary/aromatic N) is 3. The fourth-order valence-corrected chi connectivity index (χ4v) is 3.35. The first-order valence-corrected chi connectivity index (χ1v) is 8.43. The van der Waals surface area contributed by atoms with Crippen molar-refractivity contribution in [2.45, 2.75) is 11.0 Å². The monoisotopic (exact) mass is 338 g/mol. The first kappa shape index (κ1) is 14.8. The van der Waals surface area contributed by atoms with Gasteiger partial charge in [-0.1, -0.05) is 12.1 Å². The van der Waals surface area contributed by atoms with Crippen LogP contribution in [-0.4, -0.2) is 32.5 Å². The first-order valence-electron chi connectivity index (χ1n) is 7.45. The predicted octanol–water partition coefficient (Wildman–Crippen LogP) is 2.76. The molecule has 1 N–H and O–H groups in total. The van der Waals surface area contributed by atoms with Crippen molar-refractivity contribution < 1.29 is 9.53 Å². The molecule has 3 heterocycles. The number of pyridine rings is 1. The molecule has 1 aliphatic heterocycles. The molecule has 4 rings (SSSR count). The Balaban J connectivity index is 1.43. The van der Waals surface area contributed by atoms with Gasteiger partial charge in [-0.2, -0.15) is 5.10 Å². The molecule has 0 fully saturated rings. The van der Waals surface area contributed by atoms with E-state index in [2.05, 4.69) is 15.4 Å². The SMILES string of the molecule is O=C(Nc1ccc(-n2cccn2)nc1)[C@@H]1CSc2ccccc2O1. The zero-order valence-corrected chi connectivity index (χ0v) is 13.4. The molecule has 0 aliphatic carbocycles. The van der Waals surface area contributed by atoms with Gasteiger partial charge in [0.1, 0.15) is 5.75 Å². The number of anilines is 1. The number of rotatable bonds is 3. The minimum Gasteiger partial charge on any atom is -0.479 e. The third kappa shape index (κ3) is 2.98. The summed E-state index contributed by atoms with van der Waals surface area (Å²) in [5.41, 5.74) is 0.628. The van der Waals surface area contributed by atoms with E-state index in [1.807, 2.05) is 36.5 Å². The van der Waals surface area contributed by atoms with Gasteiger partial charge < -0.3 is 10.1 Å². The average Bonchev–Trinajstić information content (AvgIpc) is 3.16. The normalized spacial score (nSPS) is 16.1. The molecule has 24 heavy (non-hydrogen) atoms. The van der Waals surface area contributed by atoms with E-state index in [1.54, 1.807) is 41.0 Å². The standard InChI is InChI=1S/C17H14N4O2S/c22-17(14-11-24-15-5-2-1-4-13(15)23-14)20-12-6-7-16(18-10-12)21-9-3-8-19-21/h1-10,14H,11H2,(H,20,22)/t14-/m0/s1. The highest BCUT2D eigenvalue weighted by atomic mass is 32.2. The zero-order valence-electron chi connectivity index (χ0n) is 12.6. The number of para-hydroxylation sites is 1. The molecule has 2 aromatic heterocycles. The Kier molecular flexibility index (Phi) is 3.92. The van der Waals surface area contributed by atoms with Gasteiger partial charge in [0.2, 0.25) is 0 Å². The first-order chi connectivity index (χ1) is 11.8. The van der Waals surface area contributed by atoms with E-state index < -0.39 is 6.10 Å². The molecular weight excluding hydrogens is 324 g/mol. The van der Waals surface area contributed by atoms with E-state index in [1.165, 1.54) is 0 Å². The Labute approximate surface area is 142 Å². The number of hydrogen-bond donors (Lipinski definition) is 1. The molecule has 1 aromatic carbocycles. The molecule has 1 atom stereocenters. The molecule has 0 bridgehead atoms. The maximum atomic E-state index is 12.4. The number of aromatic nitrogens is 3. The molecule has 0 spiro atoms. The molecule has 0 unspecified atom stereocenters. The molecule has 3 aromatic rings. The minimum absolute atomic E-state index is 0.175. The summed E-state index contributed by atoms with van der Waals surface area (Å²) in [6.45, 7) is 0. The van der Waals surface area contributed by atoms with Crippen molar-refractivity contribution in [3.8, 4) is 11.6 Å². The van der Waals surface area contributed by atoms with Crippen LogP contribution >= 0.6 is 11.8 Å². The lowest BCUT2D eigenvalue weighted by Crippen LogP contribution is -2.36. The number of fused-ring (bicyclic) bond motifs is 1. The summed E-state index contributed by atoms with van der Waals surface area (Å²) in [5.74, 6) is 1.85. The van der Waals surface area contributed by atoms with Gasteiger partial charge in [0.05, 0.1) is 11.9 Å². The summed E-state index contributed by atoms with van der Waals surface area (Å²) in [4.78, 5) is 17.8. The van der Waals surface area contributed by atoms with E-state index in [-0.39, 0.29) is 5.91 Å². The van der Waals surface area contributed by atoms with Crippen LogP contribution in [0.2, 0.25) is 0 Å². The number of amides is 1. The fourth-order valence-electron chi connectivity index (χ4n) is 2.37. The summed E-state index contributed by atoms with van der Waals surface area (Å²) >= 11 is 1.62. The Hall–Kier alpha value is -2.80. The van der Waals surface area contributed by atoms with Gasteiger partial charge in [0.15, 0.2) is 11.9 Å². The number of carbonyl (C=O) groups excluding carboxylic acids is 1. The second-order valence-electron chi connectivity index (χ2n) is 5.21. The maximum Gasteiger partial charge on any atom is 0.266 e. The summed E-state index contributed by atoms with van der Waals surface area (Å²) in [6, 6.07) is 13.2. The van der Waals surface area contributed by atoms with Gasteiger partial charge in [-0.05, 0) is 30.3 Å². The number of carbonyl (C=O) groups is 1. The smallest absolute Gasteiger partial charge is 0.266 e. The Morgan fingerprint density at radius 3 is 2.96 bits per heavy atom. The average molecular weight is 338 g/mol. The number of hydrogen-bond acceptors (Lipinski definition) is 5. The lowest BCUT2D eigenvalue weighted by Gasteiger charge is -2.24. The second-order valence-corrected chi connectivity index (χ2v) is 6.27. The van der Waals surface area contributed by atoms with Crippen LogP contribution < -0.4 is 10.1 Å². The third-order valence-electron chi connectivity index (χ3n) is 3.56. The summed E-state index contributed by atoms with van der Waals surface area (Å²) in [5, 5.41) is 6.96. The number of benzene rings is 1. The third-order valence-corrected chi connectivity index (χ3v) is 4.67. The maximum absolute atomic E-state index is 12.4. The Morgan fingerprint density at radius 1 is 1.25 bits per heavy atom. The van der Waals surface area contributed by atoms with Gasteiger partial charge in [-0.3, -0.25) is 4.79 Å². The van der Waals surface area contributed by atoms with Crippen molar-refractivity contribution in [2.75, 3.05) is 11.1 Å². The topological polar surface area (TPSA) is 69.0 Å². The molecule has 120 valence electrons. The molecule has 1 aliphatic rings. The number of nitrogens with one attached hydrogen (secondary N) is 1. The quantitative estimate of drug-likeness (QED) is 0.795. The van der Waals surface area contributed by atoms with Gasteiger partial charge in [-0.15, -0.1) is 11.8 Å². The Bertz CT molecular complexity index is 849. The van der Waals surface area contributed by atoms with Crippen LogP contribution in [-0.2, 0) is 4.79 Å². The highest BCUT2D eigenvalue weighted by Crippen LogP contribution is 2.35. The minimum atomic E-state index is -0.518. The van der Waals surface area contributed by atoms with Crippen LogP contribution in [0, 0.1) is 0 Å². The van der Waals surface area contributed by atoms with E-state index in [0.717, 1.165) is 10.6 Å². The van der Waals surface area contributed by atoms with Crippen LogP contribution in [0.15, 0.2) is 66.0 Å². The lowest BCUT2D eigenvalue weighted by atomic mass is 10.3. The van der Waals surface area contributed by atoms with Crippen LogP contribution in [0.5, 0.6) is 5.75 Å². The molecule has 0 saturated heterocycles. The fraction of sp³-hybridized carbons (Fsp3) is 0.118. The van der Waals surface area contributed by atoms with E-state index in [4.69, 9.17) is 4.74 Å². The van der Waals surface area contributed by atoms with Gasteiger partial charge in [0, 0.05) is 23.0 Å². The molecule has 1 amide bonds. The van der Waals surface area contributed by atoms with E-state index in [0.29, 0.717) is 17.3 Å². The van der Waals surface area contributed by atoms with Crippen molar-refractivity contribution >= 4 is 23.4 Å². The molecule has 6 nitrogen and oxygen atoms in total. The van der Waals surface area contributed by atoms with E-state index >= 15 is 0 Å². The molecule has 0 radical (unpaired) electrons. The number of thioether (sulfide) groups is 1. The van der Waals surface area contributed by atoms with Crippen molar-refractivity contribution in [2.24, 2.45) is 0 Å². The molecular formula is C17H14N4O2S. The van der Waals surface area contributed by atoms with Crippen LogP contribution in [0.3, 0.4) is 0 Å².